The topological polar surface area (TPSA) is 111 Å². The van der Waals surface area contributed by atoms with Gasteiger partial charge < -0.3 is 14.8 Å². The second-order valence-corrected chi connectivity index (χ2v) is 6.34. The van der Waals surface area contributed by atoms with E-state index in [0.29, 0.717) is 12.2 Å². The summed E-state index contributed by atoms with van der Waals surface area (Å²) in [5.74, 6) is -0.550. The molecule has 0 radical (unpaired) electrons. The molecular formula is C12H12N2O6S. The SMILES string of the molecule is O=C1COc2ccc(S(=O)(=O)N[C@H]3CCOC3=O)cc2N1. The Morgan fingerprint density at radius 1 is 1.24 bits per heavy atom. The van der Waals surface area contributed by atoms with Gasteiger partial charge in [-0.05, 0) is 18.2 Å². The fourth-order valence-corrected chi connectivity index (χ4v) is 3.33. The van der Waals surface area contributed by atoms with Gasteiger partial charge in [0.15, 0.2) is 6.61 Å². The third kappa shape index (κ3) is 2.69. The zero-order valence-electron chi connectivity index (χ0n) is 10.8. The first-order chi connectivity index (χ1) is 9.95. The standard InChI is InChI=1S/C12H12N2O6S/c15-11-6-20-10-2-1-7(5-9(10)13-11)21(17,18)14-8-3-4-19-12(8)16/h1-2,5,8,14H,3-4,6H2,(H,13,15)/t8-/m0/s1. The average Bonchev–Trinajstić information content (AvgIpc) is 2.82. The lowest BCUT2D eigenvalue weighted by molar-refractivity contribution is -0.139. The van der Waals surface area contributed by atoms with Crippen LogP contribution >= 0.6 is 0 Å². The lowest BCUT2D eigenvalue weighted by atomic mass is 10.2. The van der Waals surface area contributed by atoms with Crippen molar-refractivity contribution in [1.82, 2.24) is 4.72 Å². The van der Waals surface area contributed by atoms with Crippen molar-refractivity contribution in [3.05, 3.63) is 18.2 Å². The van der Waals surface area contributed by atoms with Crippen LogP contribution in [0.1, 0.15) is 6.42 Å². The number of ether oxygens (including phenoxy) is 2. The number of benzene rings is 1. The van der Waals surface area contributed by atoms with Crippen LogP contribution in [0.2, 0.25) is 0 Å². The van der Waals surface area contributed by atoms with E-state index in [1.165, 1.54) is 18.2 Å². The second kappa shape index (κ2) is 5.01. The molecule has 0 aromatic heterocycles. The number of cyclic esters (lactones) is 1. The molecule has 8 nitrogen and oxygen atoms in total. The van der Waals surface area contributed by atoms with Gasteiger partial charge >= 0.3 is 5.97 Å². The van der Waals surface area contributed by atoms with Crippen molar-refractivity contribution < 1.29 is 27.5 Å². The molecule has 1 atom stereocenters. The number of hydrogen-bond acceptors (Lipinski definition) is 6. The molecule has 1 aromatic rings. The van der Waals surface area contributed by atoms with Crippen molar-refractivity contribution in [3.8, 4) is 5.75 Å². The van der Waals surface area contributed by atoms with Gasteiger partial charge in [-0.3, -0.25) is 9.59 Å². The van der Waals surface area contributed by atoms with E-state index < -0.39 is 22.0 Å². The van der Waals surface area contributed by atoms with E-state index in [1.807, 2.05) is 0 Å². The zero-order chi connectivity index (χ0) is 15.0. The quantitative estimate of drug-likeness (QED) is 0.736. The normalized spacial score (nSPS) is 21.2. The first-order valence-electron chi connectivity index (χ1n) is 6.21. The minimum absolute atomic E-state index is 0.0632. The molecular weight excluding hydrogens is 300 g/mol. The Labute approximate surface area is 120 Å². The van der Waals surface area contributed by atoms with Crippen molar-refractivity contribution in [3.63, 3.8) is 0 Å². The zero-order valence-corrected chi connectivity index (χ0v) is 11.6. The summed E-state index contributed by atoms with van der Waals surface area (Å²) in [7, 11) is -3.89. The highest BCUT2D eigenvalue weighted by molar-refractivity contribution is 7.89. The summed E-state index contributed by atoms with van der Waals surface area (Å²) >= 11 is 0. The number of fused-ring (bicyclic) bond motifs is 1. The highest BCUT2D eigenvalue weighted by Gasteiger charge is 2.31. The third-order valence-electron chi connectivity index (χ3n) is 3.13. The molecule has 1 aromatic carbocycles. The van der Waals surface area contributed by atoms with Crippen molar-refractivity contribution >= 4 is 27.6 Å². The smallest absolute Gasteiger partial charge is 0.324 e. The van der Waals surface area contributed by atoms with Crippen LogP contribution < -0.4 is 14.8 Å². The molecule has 112 valence electrons. The van der Waals surface area contributed by atoms with Crippen LogP contribution in [0, 0.1) is 0 Å². The molecule has 0 bridgehead atoms. The minimum atomic E-state index is -3.89. The molecule has 2 aliphatic rings. The monoisotopic (exact) mass is 312 g/mol. The van der Waals surface area contributed by atoms with Crippen molar-refractivity contribution in [2.24, 2.45) is 0 Å². The lowest BCUT2D eigenvalue weighted by Gasteiger charge is -2.19. The number of anilines is 1. The Bertz CT molecular complexity index is 714. The van der Waals surface area contributed by atoms with Gasteiger partial charge in [0.1, 0.15) is 11.8 Å². The van der Waals surface area contributed by atoms with Crippen molar-refractivity contribution in [2.45, 2.75) is 17.4 Å². The molecule has 9 heteroatoms. The van der Waals surface area contributed by atoms with E-state index in [-0.39, 0.29) is 29.7 Å². The maximum absolute atomic E-state index is 12.2. The van der Waals surface area contributed by atoms with E-state index in [4.69, 9.17) is 9.47 Å². The maximum Gasteiger partial charge on any atom is 0.324 e. The summed E-state index contributed by atoms with van der Waals surface area (Å²) in [5, 5.41) is 2.53. The molecule has 3 rings (SSSR count). The van der Waals surface area contributed by atoms with E-state index in [9.17, 15) is 18.0 Å². The number of nitrogens with one attached hydrogen (secondary N) is 2. The molecule has 1 saturated heterocycles. The van der Waals surface area contributed by atoms with Crippen molar-refractivity contribution in [2.75, 3.05) is 18.5 Å². The first-order valence-corrected chi connectivity index (χ1v) is 7.70. The van der Waals surface area contributed by atoms with E-state index in [2.05, 4.69) is 10.0 Å². The summed E-state index contributed by atoms with van der Waals surface area (Å²) in [6.07, 6.45) is 0.294. The summed E-state index contributed by atoms with van der Waals surface area (Å²) in [4.78, 5) is 22.5. The summed E-state index contributed by atoms with van der Waals surface area (Å²) in [6.45, 7) is 0.0887. The van der Waals surface area contributed by atoms with Gasteiger partial charge in [-0.1, -0.05) is 0 Å². The van der Waals surface area contributed by atoms with Gasteiger partial charge in [0.25, 0.3) is 5.91 Å². The van der Waals surface area contributed by atoms with Crippen LogP contribution in [0.4, 0.5) is 5.69 Å². The Balaban J connectivity index is 1.87. The number of carbonyl (C=O) groups excluding carboxylic acids is 2. The molecule has 2 heterocycles. The molecule has 0 spiro atoms. The number of rotatable bonds is 3. The predicted molar refractivity (Wildman–Crippen MR) is 70.3 cm³/mol. The Morgan fingerprint density at radius 3 is 2.76 bits per heavy atom. The maximum atomic E-state index is 12.2. The van der Waals surface area contributed by atoms with Gasteiger partial charge in [-0.15, -0.1) is 0 Å². The molecule has 2 aliphatic heterocycles. The fourth-order valence-electron chi connectivity index (χ4n) is 2.09. The number of carbonyl (C=O) groups is 2. The van der Waals surface area contributed by atoms with Crippen LogP contribution in [-0.4, -0.2) is 39.5 Å². The largest absolute Gasteiger partial charge is 0.482 e. The molecule has 0 aliphatic carbocycles. The molecule has 2 N–H and O–H groups in total. The van der Waals surface area contributed by atoms with E-state index in [0.717, 1.165) is 0 Å². The third-order valence-corrected chi connectivity index (χ3v) is 4.60. The van der Waals surface area contributed by atoms with Crippen LogP contribution in [0.3, 0.4) is 0 Å². The molecule has 0 unspecified atom stereocenters. The van der Waals surface area contributed by atoms with Crippen LogP contribution in [-0.2, 0) is 24.3 Å². The van der Waals surface area contributed by atoms with E-state index >= 15 is 0 Å². The molecule has 0 saturated carbocycles. The van der Waals surface area contributed by atoms with Gasteiger partial charge in [-0.25, -0.2) is 8.42 Å². The molecule has 1 fully saturated rings. The number of amides is 1. The lowest BCUT2D eigenvalue weighted by Crippen LogP contribution is -2.38. The summed E-state index contributed by atoms with van der Waals surface area (Å²) in [5.41, 5.74) is 0.281. The molecule has 1 amide bonds. The average molecular weight is 312 g/mol. The number of sulfonamides is 1. The predicted octanol–water partition coefficient (Wildman–Crippen LogP) is -0.389. The Kier molecular flexibility index (Phi) is 3.30. The number of esters is 1. The summed E-state index contributed by atoms with van der Waals surface area (Å²) < 4.78 is 36.6. The van der Waals surface area contributed by atoms with Crippen molar-refractivity contribution in [1.29, 1.82) is 0 Å². The van der Waals surface area contributed by atoms with Crippen LogP contribution in [0.15, 0.2) is 23.1 Å². The van der Waals surface area contributed by atoms with Gasteiger partial charge in [-0.2, -0.15) is 4.72 Å². The van der Waals surface area contributed by atoms with Gasteiger partial charge in [0.2, 0.25) is 10.0 Å². The Hall–Kier alpha value is -2.13. The van der Waals surface area contributed by atoms with Crippen LogP contribution in [0.25, 0.3) is 0 Å². The highest BCUT2D eigenvalue weighted by atomic mass is 32.2. The summed E-state index contributed by atoms with van der Waals surface area (Å²) in [6, 6.07) is 3.21. The molecule has 21 heavy (non-hydrogen) atoms. The highest BCUT2D eigenvalue weighted by Crippen LogP contribution is 2.30. The fraction of sp³-hybridized carbons (Fsp3) is 0.333. The second-order valence-electron chi connectivity index (χ2n) is 4.62. The van der Waals surface area contributed by atoms with Gasteiger partial charge in [0.05, 0.1) is 17.2 Å². The van der Waals surface area contributed by atoms with Crippen LogP contribution in [0.5, 0.6) is 5.75 Å². The minimum Gasteiger partial charge on any atom is -0.482 e. The van der Waals surface area contributed by atoms with Gasteiger partial charge in [0, 0.05) is 6.42 Å². The first kappa shape index (κ1) is 13.8. The number of hydrogen-bond donors (Lipinski definition) is 2. The Morgan fingerprint density at radius 2 is 2.05 bits per heavy atom. The van der Waals surface area contributed by atoms with E-state index in [1.54, 1.807) is 0 Å².